The van der Waals surface area contributed by atoms with Gasteiger partial charge in [0, 0.05) is 22.5 Å². The second kappa shape index (κ2) is 7.36. The predicted molar refractivity (Wildman–Crippen MR) is 80.3 cm³/mol. The number of carbonyl (C=O) groups excluding carboxylic acids is 2. The molecule has 2 amide bonds. The summed E-state index contributed by atoms with van der Waals surface area (Å²) < 4.78 is 0. The number of rotatable bonds is 4. The van der Waals surface area contributed by atoms with E-state index in [4.69, 9.17) is 0 Å². The van der Waals surface area contributed by atoms with E-state index in [9.17, 15) is 14.7 Å². The topological polar surface area (TPSA) is 81.3 Å². The molecule has 0 aromatic heterocycles. The lowest BCUT2D eigenvalue weighted by atomic mass is 9.90. The molecule has 0 heterocycles. The first-order valence-corrected chi connectivity index (χ1v) is 8.25. The minimum absolute atomic E-state index is 0.167. The van der Waals surface area contributed by atoms with E-state index in [2.05, 4.69) is 10.6 Å². The molecular weight excluding hydrogens is 288 g/mol. The Balaban J connectivity index is 2.00. The normalized spacial score (nSPS) is 21.6. The van der Waals surface area contributed by atoms with Crippen molar-refractivity contribution in [2.75, 3.05) is 6.26 Å². The average Bonchev–Trinajstić information content (AvgIpc) is 2.49. The predicted octanol–water partition coefficient (Wildman–Crippen LogP) is 1.38. The molecule has 1 saturated carbocycles. The molecule has 6 heteroatoms. The van der Waals surface area contributed by atoms with Crippen LogP contribution in [0.4, 0.5) is 4.79 Å². The molecule has 1 aliphatic rings. The number of benzene rings is 1. The third-order valence-corrected chi connectivity index (χ3v) is 4.48. The SMILES string of the molecule is CSc1ccc(C(=O)NC2CCCCC2NC(=O)[O-])cc1. The van der Waals surface area contributed by atoms with Gasteiger partial charge in [-0.3, -0.25) is 4.79 Å². The van der Waals surface area contributed by atoms with Crippen LogP contribution < -0.4 is 15.7 Å². The highest BCUT2D eigenvalue weighted by Gasteiger charge is 2.26. The van der Waals surface area contributed by atoms with E-state index in [1.807, 2.05) is 18.4 Å². The molecule has 21 heavy (non-hydrogen) atoms. The van der Waals surface area contributed by atoms with Crippen LogP contribution in [0.1, 0.15) is 36.0 Å². The van der Waals surface area contributed by atoms with Gasteiger partial charge >= 0.3 is 0 Å². The summed E-state index contributed by atoms with van der Waals surface area (Å²) in [6, 6.07) is 6.92. The van der Waals surface area contributed by atoms with Crippen molar-refractivity contribution in [3.63, 3.8) is 0 Å². The summed E-state index contributed by atoms with van der Waals surface area (Å²) in [6.07, 6.45) is 4.14. The van der Waals surface area contributed by atoms with Crippen molar-refractivity contribution in [2.24, 2.45) is 0 Å². The lowest BCUT2D eigenvalue weighted by Gasteiger charge is -2.33. The van der Waals surface area contributed by atoms with Crippen molar-refractivity contribution in [2.45, 2.75) is 42.7 Å². The van der Waals surface area contributed by atoms with Crippen molar-refractivity contribution in [1.82, 2.24) is 10.6 Å². The number of thioether (sulfide) groups is 1. The van der Waals surface area contributed by atoms with Crippen molar-refractivity contribution < 1.29 is 14.7 Å². The zero-order chi connectivity index (χ0) is 15.2. The number of hydrogen-bond acceptors (Lipinski definition) is 4. The van der Waals surface area contributed by atoms with Gasteiger partial charge in [-0.15, -0.1) is 11.8 Å². The maximum absolute atomic E-state index is 12.2. The minimum Gasteiger partial charge on any atom is -0.530 e. The minimum atomic E-state index is -1.29. The van der Waals surface area contributed by atoms with E-state index in [-0.39, 0.29) is 18.0 Å². The molecule has 0 saturated heterocycles. The lowest BCUT2D eigenvalue weighted by Crippen LogP contribution is -2.55. The van der Waals surface area contributed by atoms with Crippen LogP contribution in [0.2, 0.25) is 0 Å². The molecule has 2 unspecified atom stereocenters. The maximum atomic E-state index is 12.2. The van der Waals surface area contributed by atoms with Crippen LogP contribution in [0.5, 0.6) is 0 Å². The van der Waals surface area contributed by atoms with Crippen LogP contribution in [0.25, 0.3) is 0 Å². The van der Waals surface area contributed by atoms with Crippen LogP contribution in [0.15, 0.2) is 29.2 Å². The molecule has 2 N–H and O–H groups in total. The smallest absolute Gasteiger partial charge is 0.251 e. The second-order valence-electron chi connectivity index (χ2n) is 5.13. The first-order valence-electron chi connectivity index (χ1n) is 7.02. The number of carboxylic acid groups (broad SMARTS) is 1. The van der Waals surface area contributed by atoms with Crippen LogP contribution in [0, 0.1) is 0 Å². The van der Waals surface area contributed by atoms with Crippen LogP contribution in [-0.4, -0.2) is 30.3 Å². The van der Waals surface area contributed by atoms with E-state index in [1.165, 1.54) is 0 Å². The molecule has 1 aliphatic carbocycles. The monoisotopic (exact) mass is 307 g/mol. The van der Waals surface area contributed by atoms with Crippen LogP contribution >= 0.6 is 11.8 Å². The first kappa shape index (κ1) is 15.7. The van der Waals surface area contributed by atoms with E-state index < -0.39 is 6.09 Å². The lowest BCUT2D eigenvalue weighted by molar-refractivity contribution is -0.252. The Bertz CT molecular complexity index is 504. The third-order valence-electron chi connectivity index (χ3n) is 3.74. The van der Waals surface area contributed by atoms with Crippen LogP contribution in [0.3, 0.4) is 0 Å². The summed E-state index contributed by atoms with van der Waals surface area (Å²) in [5.74, 6) is -0.167. The number of carbonyl (C=O) groups is 2. The Morgan fingerprint density at radius 1 is 1.10 bits per heavy atom. The average molecular weight is 307 g/mol. The van der Waals surface area contributed by atoms with E-state index >= 15 is 0 Å². The Morgan fingerprint density at radius 2 is 1.67 bits per heavy atom. The summed E-state index contributed by atoms with van der Waals surface area (Å²) in [6.45, 7) is 0. The molecule has 1 fully saturated rings. The fourth-order valence-electron chi connectivity index (χ4n) is 2.62. The maximum Gasteiger partial charge on any atom is 0.251 e. The van der Waals surface area contributed by atoms with E-state index in [1.54, 1.807) is 23.9 Å². The van der Waals surface area contributed by atoms with Crippen LogP contribution in [-0.2, 0) is 0 Å². The highest BCUT2D eigenvalue weighted by Crippen LogP contribution is 2.20. The molecule has 114 valence electrons. The van der Waals surface area contributed by atoms with Gasteiger partial charge in [0.05, 0.1) is 0 Å². The zero-order valence-corrected chi connectivity index (χ0v) is 12.7. The van der Waals surface area contributed by atoms with Gasteiger partial charge < -0.3 is 20.5 Å². The Morgan fingerprint density at radius 3 is 2.19 bits per heavy atom. The van der Waals surface area contributed by atoms with Gasteiger partial charge in [0.2, 0.25) is 0 Å². The summed E-state index contributed by atoms with van der Waals surface area (Å²) in [5.41, 5.74) is 0.588. The Labute approximate surface area is 128 Å². The zero-order valence-electron chi connectivity index (χ0n) is 11.9. The van der Waals surface area contributed by atoms with Crippen molar-refractivity contribution in [1.29, 1.82) is 0 Å². The molecule has 1 aromatic rings. The van der Waals surface area contributed by atoms with Crippen molar-refractivity contribution >= 4 is 23.8 Å². The molecule has 2 rings (SSSR count). The second-order valence-corrected chi connectivity index (χ2v) is 6.01. The fraction of sp³-hybridized carbons (Fsp3) is 0.467. The van der Waals surface area contributed by atoms with Gasteiger partial charge in [-0.05, 0) is 43.4 Å². The third kappa shape index (κ3) is 4.39. The van der Waals surface area contributed by atoms with E-state index in [0.29, 0.717) is 5.56 Å². The molecule has 0 spiro atoms. The van der Waals surface area contributed by atoms with Gasteiger partial charge in [-0.25, -0.2) is 0 Å². The molecule has 1 aromatic carbocycles. The summed E-state index contributed by atoms with van der Waals surface area (Å²) in [7, 11) is 0. The molecular formula is C15H19N2O3S-. The van der Waals surface area contributed by atoms with Gasteiger partial charge in [0.15, 0.2) is 0 Å². The van der Waals surface area contributed by atoms with Crippen molar-refractivity contribution in [3.8, 4) is 0 Å². The van der Waals surface area contributed by atoms with Gasteiger partial charge in [0.1, 0.15) is 6.09 Å². The molecule has 0 aliphatic heterocycles. The largest absolute Gasteiger partial charge is 0.530 e. The molecule has 2 atom stereocenters. The van der Waals surface area contributed by atoms with E-state index in [0.717, 1.165) is 30.6 Å². The molecule has 0 bridgehead atoms. The van der Waals surface area contributed by atoms with Gasteiger partial charge in [0.25, 0.3) is 5.91 Å². The molecule has 0 radical (unpaired) electrons. The first-order chi connectivity index (χ1) is 10.1. The standard InChI is InChI=1S/C15H20N2O3S/c1-21-11-8-6-10(7-9-11)14(18)16-12-4-2-3-5-13(12)17-15(19)20/h6-9,12-13,17H,2-5H2,1H3,(H,16,18)(H,19,20)/p-1. The quantitative estimate of drug-likeness (QED) is 0.824. The van der Waals surface area contributed by atoms with Gasteiger partial charge in [-0.2, -0.15) is 0 Å². The van der Waals surface area contributed by atoms with Gasteiger partial charge in [-0.1, -0.05) is 12.8 Å². The highest BCUT2D eigenvalue weighted by molar-refractivity contribution is 7.98. The fourth-order valence-corrected chi connectivity index (χ4v) is 3.03. The summed E-state index contributed by atoms with van der Waals surface area (Å²) in [5, 5.41) is 16.0. The highest BCUT2D eigenvalue weighted by atomic mass is 32.2. The van der Waals surface area contributed by atoms with Crippen molar-refractivity contribution in [3.05, 3.63) is 29.8 Å². The molecule has 5 nitrogen and oxygen atoms in total. The number of hydrogen-bond donors (Lipinski definition) is 2. The number of nitrogens with one attached hydrogen (secondary N) is 2. The summed E-state index contributed by atoms with van der Waals surface area (Å²) >= 11 is 1.62. The Hall–Kier alpha value is -1.69. The summed E-state index contributed by atoms with van der Waals surface area (Å²) in [4.78, 5) is 24.0. The number of amides is 2. The Kier molecular flexibility index (Phi) is 5.50.